The Morgan fingerprint density at radius 1 is 1.43 bits per heavy atom. The molecule has 1 atom stereocenters. The minimum absolute atomic E-state index is 0.154. The van der Waals surface area contributed by atoms with Gasteiger partial charge in [0, 0.05) is 10.0 Å². The topological polar surface area (TPSA) is 29.5 Å². The van der Waals surface area contributed by atoms with Crippen molar-refractivity contribution in [2.75, 3.05) is 7.11 Å². The number of halogens is 3. The first-order valence-electron chi connectivity index (χ1n) is 3.86. The maximum absolute atomic E-state index is 12.2. The van der Waals surface area contributed by atoms with E-state index in [9.17, 15) is 8.78 Å². The second-order valence-corrected chi connectivity index (χ2v) is 3.52. The van der Waals surface area contributed by atoms with Crippen LogP contribution in [0.2, 0.25) is 0 Å². The first-order chi connectivity index (χ1) is 6.56. The van der Waals surface area contributed by atoms with Crippen molar-refractivity contribution in [2.45, 2.75) is 12.5 Å². The standard InChI is InChI=1S/C9H9BrF2O2/c1-14-5-2-3-6(7(10)4-5)8(13)9(11)12/h2-4,8-9,13H,1H3. The SMILES string of the molecule is COc1ccc(C(O)C(F)F)c(Br)c1. The van der Waals surface area contributed by atoms with Crippen molar-refractivity contribution in [3.8, 4) is 5.75 Å². The van der Waals surface area contributed by atoms with Crippen molar-refractivity contribution in [3.63, 3.8) is 0 Å². The summed E-state index contributed by atoms with van der Waals surface area (Å²) in [7, 11) is 1.48. The fraction of sp³-hybridized carbons (Fsp3) is 0.333. The Morgan fingerprint density at radius 2 is 2.07 bits per heavy atom. The molecule has 1 aromatic rings. The number of hydrogen-bond donors (Lipinski definition) is 1. The van der Waals surface area contributed by atoms with Gasteiger partial charge in [0.1, 0.15) is 11.9 Å². The molecule has 0 aliphatic rings. The van der Waals surface area contributed by atoms with Gasteiger partial charge >= 0.3 is 0 Å². The molecular weight excluding hydrogens is 258 g/mol. The Hall–Kier alpha value is -0.680. The van der Waals surface area contributed by atoms with Crippen LogP contribution in [0.1, 0.15) is 11.7 Å². The first kappa shape index (κ1) is 11.4. The highest BCUT2D eigenvalue weighted by atomic mass is 79.9. The Kier molecular flexibility index (Phi) is 3.83. The molecule has 0 fully saturated rings. The molecule has 1 rings (SSSR count). The zero-order valence-corrected chi connectivity index (χ0v) is 8.96. The highest BCUT2D eigenvalue weighted by molar-refractivity contribution is 9.10. The van der Waals surface area contributed by atoms with Gasteiger partial charge in [-0.2, -0.15) is 0 Å². The molecule has 1 N–H and O–H groups in total. The monoisotopic (exact) mass is 266 g/mol. The summed E-state index contributed by atoms with van der Waals surface area (Å²) in [4.78, 5) is 0. The maximum atomic E-state index is 12.2. The Balaban J connectivity index is 2.99. The molecule has 14 heavy (non-hydrogen) atoms. The quantitative estimate of drug-likeness (QED) is 0.912. The lowest BCUT2D eigenvalue weighted by Gasteiger charge is -2.12. The fourth-order valence-corrected chi connectivity index (χ4v) is 1.60. The molecule has 1 aromatic carbocycles. The highest BCUT2D eigenvalue weighted by Crippen LogP contribution is 2.30. The summed E-state index contributed by atoms with van der Waals surface area (Å²) < 4.78 is 29.6. The third-order valence-electron chi connectivity index (χ3n) is 1.76. The number of hydrogen-bond acceptors (Lipinski definition) is 2. The van der Waals surface area contributed by atoms with Crippen molar-refractivity contribution >= 4 is 15.9 Å². The normalized spacial score (nSPS) is 13.0. The van der Waals surface area contributed by atoms with Crippen LogP contribution >= 0.6 is 15.9 Å². The molecule has 0 aliphatic heterocycles. The lowest BCUT2D eigenvalue weighted by molar-refractivity contribution is -0.00620. The predicted octanol–water partition coefficient (Wildman–Crippen LogP) is 2.76. The van der Waals surface area contributed by atoms with Crippen LogP contribution < -0.4 is 4.74 Å². The Labute approximate surface area is 88.6 Å². The zero-order chi connectivity index (χ0) is 10.7. The van der Waals surface area contributed by atoms with E-state index < -0.39 is 12.5 Å². The lowest BCUT2D eigenvalue weighted by atomic mass is 10.1. The number of aliphatic hydroxyl groups is 1. The van der Waals surface area contributed by atoms with E-state index in [4.69, 9.17) is 9.84 Å². The molecule has 0 saturated carbocycles. The van der Waals surface area contributed by atoms with Crippen LogP contribution in [0.4, 0.5) is 8.78 Å². The molecule has 1 unspecified atom stereocenters. The average Bonchev–Trinajstić information content (AvgIpc) is 2.16. The molecular formula is C9H9BrF2O2. The minimum Gasteiger partial charge on any atom is -0.497 e. The van der Waals surface area contributed by atoms with Crippen molar-refractivity contribution < 1.29 is 18.6 Å². The van der Waals surface area contributed by atoms with Gasteiger partial charge in [0.2, 0.25) is 0 Å². The summed E-state index contributed by atoms with van der Waals surface area (Å²) in [5.41, 5.74) is 0.154. The van der Waals surface area contributed by atoms with Crippen molar-refractivity contribution in [1.29, 1.82) is 0 Å². The second kappa shape index (κ2) is 4.70. The second-order valence-electron chi connectivity index (χ2n) is 2.67. The van der Waals surface area contributed by atoms with E-state index in [1.807, 2.05) is 0 Å². The first-order valence-corrected chi connectivity index (χ1v) is 4.65. The summed E-state index contributed by atoms with van der Waals surface area (Å²) in [5, 5.41) is 9.12. The van der Waals surface area contributed by atoms with E-state index in [0.29, 0.717) is 10.2 Å². The van der Waals surface area contributed by atoms with Gasteiger partial charge in [-0.15, -0.1) is 0 Å². The van der Waals surface area contributed by atoms with Crippen LogP contribution in [0.3, 0.4) is 0 Å². The molecule has 0 amide bonds. The average molecular weight is 267 g/mol. The third-order valence-corrected chi connectivity index (χ3v) is 2.45. The number of rotatable bonds is 3. The molecule has 2 nitrogen and oxygen atoms in total. The Bertz CT molecular complexity index is 318. The summed E-state index contributed by atoms with van der Waals surface area (Å²) in [5.74, 6) is 0.544. The van der Waals surface area contributed by atoms with E-state index in [2.05, 4.69) is 15.9 Å². The van der Waals surface area contributed by atoms with Crippen molar-refractivity contribution in [1.82, 2.24) is 0 Å². The van der Waals surface area contributed by atoms with Crippen LogP contribution in [-0.4, -0.2) is 18.6 Å². The van der Waals surface area contributed by atoms with Gasteiger partial charge in [-0.05, 0) is 12.1 Å². The molecule has 78 valence electrons. The van der Waals surface area contributed by atoms with Gasteiger partial charge in [0.15, 0.2) is 0 Å². The molecule has 0 bridgehead atoms. The smallest absolute Gasteiger partial charge is 0.268 e. The zero-order valence-electron chi connectivity index (χ0n) is 7.38. The van der Waals surface area contributed by atoms with Crippen LogP contribution in [0.25, 0.3) is 0 Å². The number of alkyl halides is 2. The number of methoxy groups -OCH3 is 1. The van der Waals surface area contributed by atoms with Gasteiger partial charge in [-0.1, -0.05) is 22.0 Å². The van der Waals surface area contributed by atoms with Crippen LogP contribution in [-0.2, 0) is 0 Å². The van der Waals surface area contributed by atoms with Gasteiger partial charge in [0.25, 0.3) is 6.43 Å². The summed E-state index contributed by atoms with van der Waals surface area (Å²) in [6.07, 6.45) is -4.56. The van der Waals surface area contributed by atoms with Crippen LogP contribution in [0, 0.1) is 0 Å². The van der Waals surface area contributed by atoms with Gasteiger partial charge in [0.05, 0.1) is 7.11 Å². The van der Waals surface area contributed by atoms with E-state index >= 15 is 0 Å². The van der Waals surface area contributed by atoms with Gasteiger partial charge < -0.3 is 9.84 Å². The third kappa shape index (κ3) is 2.42. The van der Waals surface area contributed by atoms with E-state index in [1.165, 1.54) is 25.3 Å². The molecule has 0 saturated heterocycles. The molecule has 0 aliphatic carbocycles. The fourth-order valence-electron chi connectivity index (χ4n) is 1.01. The van der Waals surface area contributed by atoms with E-state index in [-0.39, 0.29) is 5.56 Å². The molecule has 0 aromatic heterocycles. The Morgan fingerprint density at radius 3 is 2.50 bits per heavy atom. The van der Waals surface area contributed by atoms with E-state index in [1.54, 1.807) is 0 Å². The lowest BCUT2D eigenvalue weighted by Crippen LogP contribution is -2.08. The van der Waals surface area contributed by atoms with Crippen LogP contribution in [0.15, 0.2) is 22.7 Å². The number of aliphatic hydroxyl groups excluding tert-OH is 1. The van der Waals surface area contributed by atoms with Gasteiger partial charge in [-0.25, -0.2) is 8.78 Å². The minimum atomic E-state index is -2.79. The van der Waals surface area contributed by atoms with E-state index in [0.717, 1.165) is 0 Å². The summed E-state index contributed by atoms with van der Waals surface area (Å²) in [6, 6.07) is 4.45. The largest absolute Gasteiger partial charge is 0.497 e. The predicted molar refractivity (Wildman–Crippen MR) is 51.7 cm³/mol. The maximum Gasteiger partial charge on any atom is 0.268 e. The van der Waals surface area contributed by atoms with Gasteiger partial charge in [-0.3, -0.25) is 0 Å². The highest BCUT2D eigenvalue weighted by Gasteiger charge is 2.21. The number of benzene rings is 1. The molecule has 0 spiro atoms. The summed E-state index contributed by atoms with van der Waals surface area (Å²) >= 11 is 3.08. The molecule has 5 heteroatoms. The van der Waals surface area contributed by atoms with Crippen molar-refractivity contribution in [2.24, 2.45) is 0 Å². The van der Waals surface area contributed by atoms with Crippen molar-refractivity contribution in [3.05, 3.63) is 28.2 Å². The molecule has 0 radical (unpaired) electrons. The molecule has 0 heterocycles. The number of ether oxygens (including phenoxy) is 1. The van der Waals surface area contributed by atoms with Crippen LogP contribution in [0.5, 0.6) is 5.75 Å². The summed E-state index contributed by atoms with van der Waals surface area (Å²) in [6.45, 7) is 0.